The maximum Gasteiger partial charge on any atom is 0.335 e. The van der Waals surface area contributed by atoms with Gasteiger partial charge in [0.1, 0.15) is 12.4 Å². The molecule has 18 heavy (non-hydrogen) atoms. The highest BCUT2D eigenvalue weighted by atomic mass is 16.5. The van der Waals surface area contributed by atoms with Gasteiger partial charge in [0, 0.05) is 18.2 Å². The van der Waals surface area contributed by atoms with Gasteiger partial charge in [-0.25, -0.2) is 4.79 Å². The topological polar surface area (TPSA) is 49.8 Å². The fraction of sp³-hybridized carbons (Fsp3) is 0.500. The van der Waals surface area contributed by atoms with Gasteiger partial charge in [0.25, 0.3) is 0 Å². The van der Waals surface area contributed by atoms with Crippen LogP contribution in [0.15, 0.2) is 18.2 Å². The Labute approximate surface area is 107 Å². The fourth-order valence-corrected chi connectivity index (χ4v) is 2.34. The predicted molar refractivity (Wildman–Crippen MR) is 69.0 cm³/mol. The third-order valence-electron chi connectivity index (χ3n) is 3.48. The van der Waals surface area contributed by atoms with Crippen LogP contribution in [0, 0.1) is 5.92 Å². The lowest BCUT2D eigenvalue weighted by Crippen LogP contribution is -2.38. The molecule has 1 aliphatic heterocycles. The van der Waals surface area contributed by atoms with Crippen molar-refractivity contribution in [3.63, 3.8) is 0 Å². The maximum absolute atomic E-state index is 10.9. The van der Waals surface area contributed by atoms with Crippen LogP contribution in [0.25, 0.3) is 0 Å². The normalized spacial score (nSPS) is 20.1. The highest BCUT2D eigenvalue weighted by Crippen LogP contribution is 2.27. The van der Waals surface area contributed by atoms with Crippen molar-refractivity contribution >= 4 is 5.97 Å². The van der Waals surface area contributed by atoms with Gasteiger partial charge in [-0.2, -0.15) is 0 Å². The van der Waals surface area contributed by atoms with Gasteiger partial charge in [0.05, 0.1) is 5.56 Å². The monoisotopic (exact) mass is 249 g/mol. The van der Waals surface area contributed by atoms with Gasteiger partial charge < -0.3 is 9.84 Å². The first-order valence-electron chi connectivity index (χ1n) is 6.18. The minimum Gasteiger partial charge on any atom is -0.492 e. The Morgan fingerprint density at radius 3 is 2.83 bits per heavy atom. The van der Waals surface area contributed by atoms with E-state index < -0.39 is 5.97 Å². The highest BCUT2D eigenvalue weighted by molar-refractivity contribution is 5.88. The lowest BCUT2D eigenvalue weighted by molar-refractivity contribution is 0.0696. The molecule has 0 unspecified atom stereocenters. The molecule has 0 aliphatic carbocycles. The van der Waals surface area contributed by atoms with Gasteiger partial charge in [-0.05, 0) is 25.1 Å². The lowest BCUT2D eigenvalue weighted by atomic mass is 10.0. The van der Waals surface area contributed by atoms with E-state index in [0.717, 1.165) is 12.1 Å². The molecule has 4 nitrogen and oxygen atoms in total. The average Bonchev–Trinajstić information content (AvgIpc) is 2.46. The third-order valence-corrected chi connectivity index (χ3v) is 3.48. The first-order chi connectivity index (χ1) is 8.49. The molecule has 4 heteroatoms. The molecule has 98 valence electrons. The van der Waals surface area contributed by atoms with Gasteiger partial charge in [0.15, 0.2) is 0 Å². The molecular weight excluding hydrogens is 230 g/mol. The molecule has 1 aliphatic rings. The first kappa shape index (κ1) is 12.9. The molecule has 1 heterocycles. The van der Waals surface area contributed by atoms with E-state index in [1.807, 2.05) is 6.07 Å². The van der Waals surface area contributed by atoms with Crippen molar-refractivity contribution in [1.82, 2.24) is 4.90 Å². The number of nitrogens with zero attached hydrogens (tertiary/aromatic N) is 1. The van der Waals surface area contributed by atoms with Crippen molar-refractivity contribution in [2.24, 2.45) is 5.92 Å². The molecule has 0 saturated carbocycles. The summed E-state index contributed by atoms with van der Waals surface area (Å²) in [7, 11) is 2.08. The van der Waals surface area contributed by atoms with E-state index in [0.29, 0.717) is 24.3 Å². The first-order valence-corrected chi connectivity index (χ1v) is 6.18. The molecule has 0 amide bonds. The molecule has 1 N–H and O–H groups in total. The zero-order valence-electron chi connectivity index (χ0n) is 11.0. The number of carboxylic acids is 1. The zero-order chi connectivity index (χ0) is 13.3. The van der Waals surface area contributed by atoms with Crippen LogP contribution in [-0.2, 0) is 6.54 Å². The number of benzene rings is 1. The minimum absolute atomic E-state index is 0.277. The number of fused-ring (bicyclic) bond motifs is 1. The minimum atomic E-state index is -0.917. The second-order valence-corrected chi connectivity index (χ2v) is 5.17. The fourth-order valence-electron chi connectivity index (χ4n) is 2.34. The van der Waals surface area contributed by atoms with Crippen LogP contribution in [0.1, 0.15) is 29.8 Å². The summed E-state index contributed by atoms with van der Waals surface area (Å²) < 4.78 is 5.78. The van der Waals surface area contributed by atoms with Crippen LogP contribution in [0.3, 0.4) is 0 Å². The molecule has 0 bridgehead atoms. The van der Waals surface area contributed by atoms with E-state index in [1.165, 1.54) is 0 Å². The summed E-state index contributed by atoms with van der Waals surface area (Å²) in [5, 5.41) is 8.98. The van der Waals surface area contributed by atoms with Crippen molar-refractivity contribution in [2.45, 2.75) is 26.4 Å². The second kappa shape index (κ2) is 4.98. The summed E-state index contributed by atoms with van der Waals surface area (Å²) in [5.74, 6) is 0.285. The zero-order valence-corrected chi connectivity index (χ0v) is 11.0. The number of ether oxygens (including phenoxy) is 1. The Morgan fingerprint density at radius 1 is 1.50 bits per heavy atom. The van der Waals surface area contributed by atoms with Gasteiger partial charge >= 0.3 is 5.97 Å². The van der Waals surface area contributed by atoms with Gasteiger partial charge in [0.2, 0.25) is 0 Å². The number of hydrogen-bond donors (Lipinski definition) is 1. The molecule has 2 rings (SSSR count). The number of likely N-dealkylation sites (N-methyl/N-ethyl adjacent to an activating group) is 1. The van der Waals surface area contributed by atoms with E-state index in [-0.39, 0.29) is 5.56 Å². The summed E-state index contributed by atoms with van der Waals surface area (Å²) in [5.41, 5.74) is 1.32. The van der Waals surface area contributed by atoms with Crippen molar-refractivity contribution in [3.8, 4) is 5.75 Å². The largest absolute Gasteiger partial charge is 0.492 e. The molecular formula is C14H19NO3. The number of carbonyl (C=O) groups is 1. The predicted octanol–water partition coefficient (Wildman–Crippen LogP) is 2.23. The number of rotatable bonds is 2. The van der Waals surface area contributed by atoms with E-state index >= 15 is 0 Å². The van der Waals surface area contributed by atoms with E-state index in [1.54, 1.807) is 12.1 Å². The molecule has 0 radical (unpaired) electrons. The van der Waals surface area contributed by atoms with Crippen LogP contribution < -0.4 is 4.74 Å². The highest BCUT2D eigenvalue weighted by Gasteiger charge is 2.24. The standard InChI is InChI=1S/C14H19NO3/c1-9(2)12-8-18-13-6-10(14(16)17)4-5-11(13)7-15(12)3/h4-6,9,12H,7-8H2,1-3H3,(H,16,17)/t12-/m0/s1. The SMILES string of the molecule is CC(C)[C@@H]1COc2cc(C(=O)O)ccc2CN1C. The average molecular weight is 249 g/mol. The van der Waals surface area contributed by atoms with Crippen LogP contribution in [0.5, 0.6) is 5.75 Å². The van der Waals surface area contributed by atoms with Gasteiger partial charge in [-0.1, -0.05) is 19.9 Å². The van der Waals surface area contributed by atoms with Crippen LogP contribution in [-0.4, -0.2) is 35.7 Å². The summed E-state index contributed by atoms with van der Waals surface area (Å²) in [6.45, 7) is 5.73. The quantitative estimate of drug-likeness (QED) is 0.873. The Balaban J connectivity index is 2.29. The molecule has 1 atom stereocenters. The molecule has 0 fully saturated rings. The molecule has 1 aromatic rings. The summed E-state index contributed by atoms with van der Waals surface area (Å²) in [4.78, 5) is 13.2. The van der Waals surface area contributed by atoms with Crippen LogP contribution >= 0.6 is 0 Å². The molecule has 0 saturated heterocycles. The van der Waals surface area contributed by atoms with Crippen molar-refractivity contribution < 1.29 is 14.6 Å². The van der Waals surface area contributed by atoms with Crippen LogP contribution in [0.2, 0.25) is 0 Å². The third kappa shape index (κ3) is 2.48. The Bertz CT molecular complexity index is 456. The summed E-state index contributed by atoms with van der Waals surface area (Å²) in [6, 6.07) is 5.45. The van der Waals surface area contributed by atoms with Crippen LogP contribution in [0.4, 0.5) is 0 Å². The van der Waals surface area contributed by atoms with Gasteiger partial charge in [-0.15, -0.1) is 0 Å². The maximum atomic E-state index is 10.9. The Hall–Kier alpha value is -1.55. The lowest BCUT2D eigenvalue weighted by Gasteiger charge is -2.27. The Morgan fingerprint density at radius 2 is 2.22 bits per heavy atom. The smallest absolute Gasteiger partial charge is 0.335 e. The summed E-state index contributed by atoms with van der Waals surface area (Å²) in [6.07, 6.45) is 0. The van der Waals surface area contributed by atoms with E-state index in [2.05, 4.69) is 25.8 Å². The Kier molecular flexibility index (Phi) is 3.57. The molecule has 1 aromatic carbocycles. The van der Waals surface area contributed by atoms with Crippen molar-refractivity contribution in [2.75, 3.05) is 13.7 Å². The van der Waals surface area contributed by atoms with Crippen molar-refractivity contribution in [3.05, 3.63) is 29.3 Å². The number of hydrogen-bond acceptors (Lipinski definition) is 3. The van der Waals surface area contributed by atoms with Gasteiger partial charge in [-0.3, -0.25) is 4.90 Å². The number of carboxylic acid groups (broad SMARTS) is 1. The summed E-state index contributed by atoms with van der Waals surface area (Å²) >= 11 is 0. The van der Waals surface area contributed by atoms with Crippen molar-refractivity contribution in [1.29, 1.82) is 0 Å². The van der Waals surface area contributed by atoms with E-state index in [9.17, 15) is 4.79 Å². The molecule has 0 spiro atoms. The second-order valence-electron chi connectivity index (χ2n) is 5.17. The van der Waals surface area contributed by atoms with E-state index in [4.69, 9.17) is 9.84 Å². The molecule has 0 aromatic heterocycles. The number of aromatic carboxylic acids is 1.